The first-order valence-electron chi connectivity index (χ1n) is 6.65. The van der Waals surface area contributed by atoms with Crippen molar-refractivity contribution in [3.8, 4) is 6.07 Å². The molecule has 1 unspecified atom stereocenters. The summed E-state index contributed by atoms with van der Waals surface area (Å²) in [4.78, 5) is 13.6. The third-order valence-corrected chi connectivity index (χ3v) is 2.91. The molecule has 1 rings (SSSR count). The highest BCUT2D eigenvalue weighted by molar-refractivity contribution is 5.71. The van der Waals surface area contributed by atoms with Crippen molar-refractivity contribution in [2.24, 2.45) is 0 Å². The number of rotatable bonds is 8. The number of ether oxygens (including phenoxy) is 1. The van der Waals surface area contributed by atoms with E-state index in [1.165, 1.54) is 0 Å². The molecule has 0 saturated heterocycles. The minimum Gasteiger partial charge on any atom is -0.465 e. The van der Waals surface area contributed by atoms with Gasteiger partial charge < -0.3 is 4.74 Å². The molecule has 0 aliphatic rings. The van der Waals surface area contributed by atoms with Crippen molar-refractivity contribution < 1.29 is 9.53 Å². The van der Waals surface area contributed by atoms with E-state index in [1.807, 2.05) is 35.2 Å². The van der Waals surface area contributed by atoms with E-state index in [2.05, 4.69) is 12.6 Å². The van der Waals surface area contributed by atoms with Crippen LogP contribution in [0.2, 0.25) is 0 Å². The molecule has 1 aromatic rings. The van der Waals surface area contributed by atoms with Crippen molar-refractivity contribution in [2.75, 3.05) is 19.7 Å². The van der Waals surface area contributed by atoms with Gasteiger partial charge in [-0.1, -0.05) is 36.4 Å². The number of benzene rings is 1. The molecule has 4 heteroatoms. The summed E-state index contributed by atoms with van der Waals surface area (Å²) in [5, 5.41) is 9.03. The van der Waals surface area contributed by atoms with E-state index in [0.29, 0.717) is 19.6 Å². The van der Waals surface area contributed by atoms with Gasteiger partial charge >= 0.3 is 5.97 Å². The number of carbonyl (C=O) groups is 1. The highest BCUT2D eigenvalue weighted by Crippen LogP contribution is 2.23. The highest BCUT2D eigenvalue weighted by Gasteiger charge is 2.22. The van der Waals surface area contributed by atoms with Crippen molar-refractivity contribution in [1.82, 2.24) is 4.90 Å². The maximum absolute atomic E-state index is 11.7. The molecule has 0 heterocycles. The molecule has 0 aliphatic heterocycles. The number of esters is 1. The van der Waals surface area contributed by atoms with Crippen LogP contribution in [-0.4, -0.2) is 30.6 Å². The summed E-state index contributed by atoms with van der Waals surface area (Å²) in [7, 11) is 0. The predicted molar refractivity (Wildman–Crippen MR) is 77.8 cm³/mol. The molecule has 0 aliphatic carbocycles. The third-order valence-electron chi connectivity index (χ3n) is 2.91. The largest absolute Gasteiger partial charge is 0.465 e. The van der Waals surface area contributed by atoms with Gasteiger partial charge in [0.05, 0.1) is 25.6 Å². The topological polar surface area (TPSA) is 53.3 Å². The van der Waals surface area contributed by atoms with Crippen molar-refractivity contribution in [2.45, 2.75) is 19.4 Å². The summed E-state index contributed by atoms with van der Waals surface area (Å²) < 4.78 is 4.99. The van der Waals surface area contributed by atoms with Gasteiger partial charge in [0.1, 0.15) is 0 Å². The van der Waals surface area contributed by atoms with Gasteiger partial charge in [0.25, 0.3) is 0 Å². The molecule has 0 aromatic heterocycles. The van der Waals surface area contributed by atoms with Crippen LogP contribution in [0.25, 0.3) is 0 Å². The zero-order valence-electron chi connectivity index (χ0n) is 11.8. The van der Waals surface area contributed by atoms with Crippen LogP contribution in [-0.2, 0) is 9.53 Å². The fourth-order valence-corrected chi connectivity index (χ4v) is 2.06. The van der Waals surface area contributed by atoms with Crippen LogP contribution < -0.4 is 0 Å². The number of carbonyl (C=O) groups excluding carboxylic acids is 1. The lowest BCUT2D eigenvalue weighted by atomic mass is 10.0. The Hall–Kier alpha value is -2.12. The maximum Gasteiger partial charge on any atom is 0.320 e. The molecule has 0 spiro atoms. The molecule has 0 bridgehead atoms. The van der Waals surface area contributed by atoms with Gasteiger partial charge in [0, 0.05) is 12.6 Å². The second-order valence-corrected chi connectivity index (χ2v) is 4.31. The van der Waals surface area contributed by atoms with Crippen molar-refractivity contribution in [1.29, 1.82) is 5.26 Å². The van der Waals surface area contributed by atoms with Crippen LogP contribution >= 0.6 is 0 Å². The second-order valence-electron chi connectivity index (χ2n) is 4.31. The lowest BCUT2D eigenvalue weighted by Gasteiger charge is -2.28. The smallest absolute Gasteiger partial charge is 0.320 e. The Balaban J connectivity index is 2.91. The van der Waals surface area contributed by atoms with E-state index in [1.54, 1.807) is 13.0 Å². The predicted octanol–water partition coefficient (Wildman–Crippen LogP) is 2.69. The Morgan fingerprint density at radius 3 is 2.75 bits per heavy atom. The van der Waals surface area contributed by atoms with Crippen LogP contribution in [0.5, 0.6) is 0 Å². The Morgan fingerprint density at radius 2 is 2.20 bits per heavy atom. The fraction of sp³-hybridized carbons (Fsp3) is 0.375. The summed E-state index contributed by atoms with van der Waals surface area (Å²) >= 11 is 0. The van der Waals surface area contributed by atoms with Gasteiger partial charge in [-0.3, -0.25) is 9.69 Å². The lowest BCUT2D eigenvalue weighted by molar-refractivity contribution is -0.144. The summed E-state index contributed by atoms with van der Waals surface area (Å²) in [6, 6.07) is 11.8. The monoisotopic (exact) mass is 272 g/mol. The SMILES string of the molecule is C=CCN(CC(=O)OCC)C(CC#N)c1ccccc1. The number of nitriles is 1. The van der Waals surface area contributed by atoms with E-state index in [9.17, 15) is 4.79 Å². The molecule has 0 amide bonds. The first-order chi connectivity index (χ1) is 9.72. The zero-order chi connectivity index (χ0) is 14.8. The Labute approximate surface area is 120 Å². The van der Waals surface area contributed by atoms with Gasteiger partial charge in [-0.05, 0) is 12.5 Å². The van der Waals surface area contributed by atoms with E-state index >= 15 is 0 Å². The minimum atomic E-state index is -0.284. The molecular weight excluding hydrogens is 252 g/mol. The van der Waals surface area contributed by atoms with Crippen LogP contribution in [0.4, 0.5) is 0 Å². The highest BCUT2D eigenvalue weighted by atomic mass is 16.5. The minimum absolute atomic E-state index is 0.136. The molecule has 0 fully saturated rings. The summed E-state index contributed by atoms with van der Waals surface area (Å²) in [6.45, 7) is 6.53. The summed E-state index contributed by atoms with van der Waals surface area (Å²) in [6.07, 6.45) is 2.05. The van der Waals surface area contributed by atoms with Crippen LogP contribution in [0.15, 0.2) is 43.0 Å². The van der Waals surface area contributed by atoms with Gasteiger partial charge in [-0.15, -0.1) is 6.58 Å². The van der Waals surface area contributed by atoms with E-state index in [0.717, 1.165) is 5.56 Å². The second kappa shape index (κ2) is 8.89. The number of hydrogen-bond acceptors (Lipinski definition) is 4. The van der Waals surface area contributed by atoms with Crippen molar-refractivity contribution >= 4 is 5.97 Å². The van der Waals surface area contributed by atoms with Crippen LogP contribution in [0, 0.1) is 11.3 Å². The molecule has 20 heavy (non-hydrogen) atoms. The number of hydrogen-bond donors (Lipinski definition) is 0. The Morgan fingerprint density at radius 1 is 1.50 bits per heavy atom. The van der Waals surface area contributed by atoms with Crippen molar-refractivity contribution in [3.05, 3.63) is 48.6 Å². The van der Waals surface area contributed by atoms with Crippen molar-refractivity contribution in [3.63, 3.8) is 0 Å². The van der Waals surface area contributed by atoms with Gasteiger partial charge in [0.2, 0.25) is 0 Å². The Kier molecular flexibility index (Phi) is 7.08. The summed E-state index contributed by atoms with van der Waals surface area (Å²) in [5.41, 5.74) is 1.01. The molecule has 1 aromatic carbocycles. The zero-order valence-corrected chi connectivity index (χ0v) is 11.8. The normalized spacial score (nSPS) is 11.7. The average molecular weight is 272 g/mol. The molecular formula is C16H20N2O2. The third kappa shape index (κ3) is 4.87. The first kappa shape index (κ1) is 15.9. The van der Waals surface area contributed by atoms with Crippen LogP contribution in [0.1, 0.15) is 24.9 Å². The fourth-order valence-electron chi connectivity index (χ4n) is 2.06. The molecule has 1 atom stereocenters. The quantitative estimate of drug-likeness (QED) is 0.539. The lowest BCUT2D eigenvalue weighted by Crippen LogP contribution is -2.34. The van der Waals surface area contributed by atoms with Crippen LogP contribution in [0.3, 0.4) is 0 Å². The maximum atomic E-state index is 11.7. The molecule has 0 radical (unpaired) electrons. The average Bonchev–Trinajstić information content (AvgIpc) is 2.45. The van der Waals surface area contributed by atoms with E-state index in [4.69, 9.17) is 10.00 Å². The van der Waals surface area contributed by atoms with Gasteiger partial charge in [-0.2, -0.15) is 5.26 Å². The molecule has 0 saturated carbocycles. The standard InChI is InChI=1S/C16H20N2O2/c1-3-12-18(13-16(19)20-4-2)15(10-11-17)14-8-6-5-7-9-14/h3,5-9,15H,1,4,10,12-13H2,2H3. The first-order valence-corrected chi connectivity index (χ1v) is 6.65. The van der Waals surface area contributed by atoms with E-state index in [-0.39, 0.29) is 18.6 Å². The summed E-state index contributed by atoms with van der Waals surface area (Å²) in [5.74, 6) is -0.284. The van der Waals surface area contributed by atoms with E-state index < -0.39 is 0 Å². The number of nitrogens with zero attached hydrogens (tertiary/aromatic N) is 2. The molecule has 106 valence electrons. The molecule has 0 N–H and O–H groups in total. The molecule has 4 nitrogen and oxygen atoms in total. The van der Waals surface area contributed by atoms with Gasteiger partial charge in [-0.25, -0.2) is 0 Å². The van der Waals surface area contributed by atoms with Gasteiger partial charge in [0.15, 0.2) is 0 Å². The Bertz CT molecular complexity index is 465.